The number of ether oxygens (including phenoxy) is 1. The third-order valence-electron chi connectivity index (χ3n) is 3.05. The first-order valence-electron chi connectivity index (χ1n) is 5.64. The molecular weight excluding hydrogens is 252 g/mol. The van der Waals surface area contributed by atoms with Crippen LogP contribution in [0, 0.1) is 6.92 Å². The maximum Gasteiger partial charge on any atom is 0.0927 e. The molecular formula is C14H13ClOS. The smallest absolute Gasteiger partial charge is 0.0927 e. The van der Waals surface area contributed by atoms with E-state index in [0.29, 0.717) is 0 Å². The van der Waals surface area contributed by atoms with Gasteiger partial charge in [0.25, 0.3) is 0 Å². The van der Waals surface area contributed by atoms with Gasteiger partial charge >= 0.3 is 0 Å². The lowest BCUT2D eigenvalue weighted by molar-refractivity contribution is 0.134. The Bertz CT molecular complexity index is 547. The van der Waals surface area contributed by atoms with Crippen molar-refractivity contribution >= 4 is 22.9 Å². The summed E-state index contributed by atoms with van der Waals surface area (Å²) in [5.74, 6) is 0. The van der Waals surface area contributed by atoms with Crippen molar-refractivity contribution in [3.63, 3.8) is 0 Å². The molecule has 2 heterocycles. The molecule has 0 amide bonds. The molecule has 0 radical (unpaired) electrons. The monoisotopic (exact) mass is 264 g/mol. The fraction of sp³-hybridized carbons (Fsp3) is 0.286. The van der Waals surface area contributed by atoms with Crippen molar-refractivity contribution < 1.29 is 4.74 Å². The molecule has 0 saturated carbocycles. The second-order valence-corrected chi connectivity index (χ2v) is 6.09. The van der Waals surface area contributed by atoms with Gasteiger partial charge < -0.3 is 4.74 Å². The van der Waals surface area contributed by atoms with Crippen molar-refractivity contribution in [1.29, 1.82) is 0 Å². The first kappa shape index (κ1) is 11.3. The molecule has 1 aliphatic rings. The van der Waals surface area contributed by atoms with E-state index in [1.54, 1.807) is 11.3 Å². The van der Waals surface area contributed by atoms with E-state index in [-0.39, 0.29) is 5.38 Å². The lowest BCUT2D eigenvalue weighted by Gasteiger charge is -2.09. The molecule has 3 heteroatoms. The lowest BCUT2D eigenvalue weighted by Crippen LogP contribution is -1.92. The fourth-order valence-electron chi connectivity index (χ4n) is 2.10. The normalized spacial score (nSPS) is 15.9. The van der Waals surface area contributed by atoms with E-state index in [2.05, 4.69) is 37.3 Å². The topological polar surface area (TPSA) is 9.23 Å². The number of alkyl halides is 1. The highest BCUT2D eigenvalue weighted by molar-refractivity contribution is 7.12. The van der Waals surface area contributed by atoms with Gasteiger partial charge in [-0.25, -0.2) is 0 Å². The van der Waals surface area contributed by atoms with Crippen molar-refractivity contribution in [3.8, 4) is 0 Å². The number of fused-ring (bicyclic) bond motifs is 1. The number of hydrogen-bond donors (Lipinski definition) is 0. The second-order valence-electron chi connectivity index (χ2n) is 4.33. The van der Waals surface area contributed by atoms with Gasteiger partial charge in [-0.2, -0.15) is 0 Å². The molecule has 0 bridgehead atoms. The van der Waals surface area contributed by atoms with E-state index >= 15 is 0 Å². The standard InChI is InChI=1S/C14H13ClOS/c1-9-2-5-13(17-9)14(15)10-3-4-11-7-16-8-12(11)6-10/h2-6,14H,7-8H2,1H3. The molecule has 1 unspecified atom stereocenters. The highest BCUT2D eigenvalue weighted by atomic mass is 35.5. The molecule has 88 valence electrons. The summed E-state index contributed by atoms with van der Waals surface area (Å²) in [5, 5.41) is -0.0420. The number of aryl methyl sites for hydroxylation is 1. The minimum Gasteiger partial charge on any atom is -0.372 e. The van der Waals surface area contributed by atoms with Gasteiger partial charge in [0.15, 0.2) is 0 Å². The van der Waals surface area contributed by atoms with Crippen LogP contribution in [0.2, 0.25) is 0 Å². The predicted molar refractivity (Wildman–Crippen MR) is 71.7 cm³/mol. The Labute approximate surface area is 110 Å². The zero-order chi connectivity index (χ0) is 11.8. The van der Waals surface area contributed by atoms with Crippen molar-refractivity contribution in [2.24, 2.45) is 0 Å². The van der Waals surface area contributed by atoms with Gasteiger partial charge in [0, 0.05) is 9.75 Å². The Morgan fingerprint density at radius 1 is 1.18 bits per heavy atom. The summed E-state index contributed by atoms with van der Waals surface area (Å²) in [4.78, 5) is 2.51. The van der Waals surface area contributed by atoms with Crippen LogP contribution in [0.1, 0.15) is 31.8 Å². The van der Waals surface area contributed by atoms with Crippen LogP contribution in [0.3, 0.4) is 0 Å². The molecule has 17 heavy (non-hydrogen) atoms. The number of hydrogen-bond acceptors (Lipinski definition) is 2. The predicted octanol–water partition coefficient (Wildman–Crippen LogP) is 4.41. The molecule has 0 spiro atoms. The SMILES string of the molecule is Cc1ccc(C(Cl)c2ccc3c(c2)COC3)s1. The molecule has 0 fully saturated rings. The summed E-state index contributed by atoms with van der Waals surface area (Å²) < 4.78 is 5.42. The molecule has 0 N–H and O–H groups in total. The molecule has 3 rings (SSSR count). The van der Waals surface area contributed by atoms with E-state index in [4.69, 9.17) is 16.3 Å². The first-order chi connectivity index (χ1) is 8.24. The number of rotatable bonds is 2. The third-order valence-corrected chi connectivity index (χ3v) is 4.73. The third kappa shape index (κ3) is 2.13. The van der Waals surface area contributed by atoms with Gasteiger partial charge in [-0.1, -0.05) is 18.2 Å². The van der Waals surface area contributed by atoms with Gasteiger partial charge in [-0.3, -0.25) is 0 Å². The van der Waals surface area contributed by atoms with Gasteiger partial charge in [-0.15, -0.1) is 22.9 Å². The molecule has 0 aliphatic carbocycles. The van der Waals surface area contributed by atoms with E-state index < -0.39 is 0 Å². The Balaban J connectivity index is 1.94. The fourth-order valence-corrected chi connectivity index (χ4v) is 3.33. The first-order valence-corrected chi connectivity index (χ1v) is 6.89. The van der Waals surface area contributed by atoms with Crippen molar-refractivity contribution in [2.45, 2.75) is 25.5 Å². The Kier molecular flexibility index (Phi) is 2.95. The summed E-state index contributed by atoms with van der Waals surface area (Å²) >= 11 is 8.28. The van der Waals surface area contributed by atoms with Crippen LogP contribution in [0.4, 0.5) is 0 Å². The van der Waals surface area contributed by atoms with Crippen LogP contribution >= 0.6 is 22.9 Å². The lowest BCUT2D eigenvalue weighted by atomic mass is 10.0. The quantitative estimate of drug-likeness (QED) is 0.730. The zero-order valence-electron chi connectivity index (χ0n) is 9.57. The summed E-state index contributed by atoms with van der Waals surface area (Å²) in [6.45, 7) is 3.56. The highest BCUT2D eigenvalue weighted by Crippen LogP contribution is 2.35. The minimum atomic E-state index is -0.0420. The summed E-state index contributed by atoms with van der Waals surface area (Å²) in [7, 11) is 0. The molecule has 1 aromatic carbocycles. The van der Waals surface area contributed by atoms with Crippen LogP contribution in [0.5, 0.6) is 0 Å². The van der Waals surface area contributed by atoms with E-state index in [0.717, 1.165) is 18.8 Å². The maximum absolute atomic E-state index is 6.52. The molecule has 0 saturated heterocycles. The van der Waals surface area contributed by atoms with Crippen LogP contribution in [-0.4, -0.2) is 0 Å². The van der Waals surface area contributed by atoms with Gasteiger partial charge in [0.1, 0.15) is 0 Å². The molecule has 1 aliphatic heterocycles. The van der Waals surface area contributed by atoms with Crippen molar-refractivity contribution in [1.82, 2.24) is 0 Å². The molecule has 1 atom stereocenters. The molecule has 2 aromatic rings. The Hall–Kier alpha value is -0.830. The summed E-state index contributed by atoms with van der Waals surface area (Å²) in [5.41, 5.74) is 3.74. The van der Waals surface area contributed by atoms with Crippen molar-refractivity contribution in [2.75, 3.05) is 0 Å². The average Bonchev–Trinajstić information content (AvgIpc) is 2.95. The van der Waals surface area contributed by atoms with Gasteiger partial charge in [0.05, 0.1) is 18.6 Å². The summed E-state index contributed by atoms with van der Waals surface area (Å²) in [6.07, 6.45) is 0. The minimum absolute atomic E-state index is 0.0420. The highest BCUT2D eigenvalue weighted by Gasteiger charge is 2.17. The largest absolute Gasteiger partial charge is 0.372 e. The van der Waals surface area contributed by atoms with Crippen LogP contribution < -0.4 is 0 Å². The average molecular weight is 265 g/mol. The maximum atomic E-state index is 6.52. The van der Waals surface area contributed by atoms with E-state index in [1.165, 1.54) is 20.9 Å². The van der Waals surface area contributed by atoms with Crippen LogP contribution in [0.25, 0.3) is 0 Å². The van der Waals surface area contributed by atoms with Crippen LogP contribution in [0.15, 0.2) is 30.3 Å². The van der Waals surface area contributed by atoms with Crippen LogP contribution in [-0.2, 0) is 18.0 Å². The zero-order valence-corrected chi connectivity index (χ0v) is 11.1. The van der Waals surface area contributed by atoms with E-state index in [1.807, 2.05) is 0 Å². The number of halogens is 1. The van der Waals surface area contributed by atoms with Gasteiger partial charge in [-0.05, 0) is 35.7 Å². The Morgan fingerprint density at radius 2 is 2.00 bits per heavy atom. The molecule has 1 nitrogen and oxygen atoms in total. The van der Waals surface area contributed by atoms with Gasteiger partial charge in [0.2, 0.25) is 0 Å². The number of benzene rings is 1. The van der Waals surface area contributed by atoms with E-state index in [9.17, 15) is 0 Å². The Morgan fingerprint density at radius 3 is 2.76 bits per heavy atom. The number of thiophene rings is 1. The van der Waals surface area contributed by atoms with Crippen molar-refractivity contribution in [3.05, 3.63) is 56.8 Å². The molecule has 1 aromatic heterocycles. The summed E-state index contributed by atoms with van der Waals surface area (Å²) in [6, 6.07) is 10.6. The second kappa shape index (κ2) is 4.45.